The van der Waals surface area contributed by atoms with Gasteiger partial charge in [0.2, 0.25) is 0 Å². The molecule has 0 heterocycles. The molecule has 0 saturated heterocycles. The minimum Gasteiger partial charge on any atom is -0.488 e. The van der Waals surface area contributed by atoms with Crippen molar-refractivity contribution in [2.45, 2.75) is 13.5 Å². The summed E-state index contributed by atoms with van der Waals surface area (Å²) in [6, 6.07) is 13.6. The molecule has 5 nitrogen and oxygen atoms in total. The monoisotopic (exact) mass is 268 g/mol. The Morgan fingerprint density at radius 3 is 2.75 bits per heavy atom. The standard InChI is InChI=1S/C15H12N2O3/c1-11-6-7-12(9-16)8-15(11)20-10-13-4-2-3-5-14(13)17(18)19/h2-8H,10H2,1H3. The number of nitro benzene ring substituents is 1. The van der Waals surface area contributed by atoms with E-state index in [1.807, 2.05) is 13.0 Å². The van der Waals surface area contributed by atoms with Crippen molar-refractivity contribution in [2.24, 2.45) is 0 Å². The fourth-order valence-electron chi connectivity index (χ4n) is 1.79. The van der Waals surface area contributed by atoms with Crippen LogP contribution in [0.15, 0.2) is 42.5 Å². The highest BCUT2D eigenvalue weighted by molar-refractivity contribution is 5.43. The predicted octanol–water partition coefficient (Wildman–Crippen LogP) is 3.35. The van der Waals surface area contributed by atoms with Crippen molar-refractivity contribution >= 4 is 5.69 Å². The van der Waals surface area contributed by atoms with Crippen LogP contribution in [0.3, 0.4) is 0 Å². The second-order valence-corrected chi connectivity index (χ2v) is 4.27. The minimum atomic E-state index is -0.433. The summed E-state index contributed by atoms with van der Waals surface area (Å²) in [6.45, 7) is 1.95. The van der Waals surface area contributed by atoms with E-state index in [0.717, 1.165) is 5.56 Å². The number of para-hydroxylation sites is 1. The van der Waals surface area contributed by atoms with Gasteiger partial charge in [-0.3, -0.25) is 10.1 Å². The fraction of sp³-hybridized carbons (Fsp3) is 0.133. The maximum atomic E-state index is 10.9. The van der Waals surface area contributed by atoms with Gasteiger partial charge >= 0.3 is 0 Å². The summed E-state index contributed by atoms with van der Waals surface area (Å²) in [5.74, 6) is 0.558. The highest BCUT2D eigenvalue weighted by Gasteiger charge is 2.13. The normalized spacial score (nSPS) is 9.80. The predicted molar refractivity (Wildman–Crippen MR) is 73.3 cm³/mol. The molecule has 5 heteroatoms. The second-order valence-electron chi connectivity index (χ2n) is 4.27. The van der Waals surface area contributed by atoms with Crippen LogP contribution in [-0.4, -0.2) is 4.92 Å². The summed E-state index contributed by atoms with van der Waals surface area (Å²) in [4.78, 5) is 10.5. The number of benzene rings is 2. The lowest BCUT2D eigenvalue weighted by atomic mass is 10.1. The van der Waals surface area contributed by atoms with Gasteiger partial charge in [0.1, 0.15) is 12.4 Å². The Morgan fingerprint density at radius 1 is 1.30 bits per heavy atom. The van der Waals surface area contributed by atoms with Crippen LogP contribution in [0, 0.1) is 28.4 Å². The third kappa shape index (κ3) is 2.93. The lowest BCUT2D eigenvalue weighted by Gasteiger charge is -2.09. The Kier molecular flexibility index (Phi) is 3.96. The first-order valence-electron chi connectivity index (χ1n) is 5.97. The number of aryl methyl sites for hydroxylation is 1. The van der Waals surface area contributed by atoms with Crippen LogP contribution in [0.5, 0.6) is 5.75 Å². The van der Waals surface area contributed by atoms with Gasteiger partial charge in [-0.05, 0) is 30.7 Å². The summed E-state index contributed by atoms with van der Waals surface area (Å²) >= 11 is 0. The van der Waals surface area contributed by atoms with Crippen LogP contribution in [0.2, 0.25) is 0 Å². The molecule has 0 bridgehead atoms. The molecule has 100 valence electrons. The number of nitrogens with zero attached hydrogens (tertiary/aromatic N) is 2. The highest BCUT2D eigenvalue weighted by atomic mass is 16.6. The fourth-order valence-corrected chi connectivity index (χ4v) is 1.79. The third-order valence-corrected chi connectivity index (χ3v) is 2.89. The van der Waals surface area contributed by atoms with Crippen molar-refractivity contribution in [3.8, 4) is 11.8 Å². The first-order chi connectivity index (χ1) is 9.61. The SMILES string of the molecule is Cc1ccc(C#N)cc1OCc1ccccc1[N+](=O)[O-]. The van der Waals surface area contributed by atoms with Crippen LogP contribution in [0.25, 0.3) is 0 Å². The van der Waals surface area contributed by atoms with Gasteiger partial charge in [-0.1, -0.05) is 18.2 Å². The topological polar surface area (TPSA) is 76.2 Å². The second kappa shape index (κ2) is 5.85. The van der Waals surface area contributed by atoms with E-state index in [1.165, 1.54) is 6.07 Å². The molecule has 0 spiro atoms. The maximum absolute atomic E-state index is 10.9. The van der Waals surface area contributed by atoms with Crippen molar-refractivity contribution in [3.63, 3.8) is 0 Å². The van der Waals surface area contributed by atoms with Crippen LogP contribution in [0.4, 0.5) is 5.69 Å². The molecule has 0 saturated carbocycles. The Hall–Kier alpha value is -2.87. The lowest BCUT2D eigenvalue weighted by Crippen LogP contribution is -2.01. The molecule has 2 aromatic rings. The number of nitro groups is 1. The van der Waals surface area contributed by atoms with E-state index in [-0.39, 0.29) is 12.3 Å². The third-order valence-electron chi connectivity index (χ3n) is 2.89. The van der Waals surface area contributed by atoms with Gasteiger partial charge in [-0.2, -0.15) is 5.26 Å². The van der Waals surface area contributed by atoms with Gasteiger partial charge < -0.3 is 4.74 Å². The molecule has 0 unspecified atom stereocenters. The summed E-state index contributed by atoms with van der Waals surface area (Å²) in [5.41, 5.74) is 1.90. The first kappa shape index (κ1) is 13.6. The van der Waals surface area contributed by atoms with Crippen molar-refractivity contribution in [2.75, 3.05) is 0 Å². The molecule has 0 radical (unpaired) electrons. The zero-order chi connectivity index (χ0) is 14.5. The Balaban J connectivity index is 2.21. The molecule has 0 aliphatic heterocycles. The first-order valence-corrected chi connectivity index (χ1v) is 5.97. The number of nitriles is 1. The molecular weight excluding hydrogens is 256 g/mol. The quantitative estimate of drug-likeness (QED) is 0.629. The van der Waals surface area contributed by atoms with Crippen LogP contribution in [-0.2, 0) is 6.61 Å². The molecule has 0 fully saturated rings. The Morgan fingerprint density at radius 2 is 2.05 bits per heavy atom. The van der Waals surface area contributed by atoms with E-state index in [2.05, 4.69) is 0 Å². The number of ether oxygens (including phenoxy) is 1. The molecular formula is C15H12N2O3. The molecule has 0 aliphatic carbocycles. The zero-order valence-electron chi connectivity index (χ0n) is 10.9. The van der Waals surface area contributed by atoms with Crippen LogP contribution in [0.1, 0.15) is 16.7 Å². The van der Waals surface area contributed by atoms with E-state index in [9.17, 15) is 10.1 Å². The van der Waals surface area contributed by atoms with Gasteiger partial charge in [0.05, 0.1) is 22.1 Å². The van der Waals surface area contributed by atoms with Gasteiger partial charge in [-0.15, -0.1) is 0 Å². The Bertz CT molecular complexity index is 690. The van der Waals surface area contributed by atoms with E-state index < -0.39 is 4.92 Å². The molecule has 0 atom stereocenters. The van der Waals surface area contributed by atoms with Crippen molar-refractivity contribution < 1.29 is 9.66 Å². The Labute approximate surface area is 116 Å². The smallest absolute Gasteiger partial charge is 0.276 e. The molecule has 0 aliphatic rings. The van der Waals surface area contributed by atoms with Gasteiger partial charge in [0, 0.05) is 6.07 Å². The minimum absolute atomic E-state index is 0.0293. The average molecular weight is 268 g/mol. The average Bonchev–Trinajstić information content (AvgIpc) is 2.46. The number of rotatable bonds is 4. The van der Waals surface area contributed by atoms with E-state index >= 15 is 0 Å². The molecule has 2 rings (SSSR count). The van der Waals surface area contributed by atoms with Gasteiger partial charge in [-0.25, -0.2) is 0 Å². The number of hydrogen-bond donors (Lipinski definition) is 0. The van der Waals surface area contributed by atoms with Crippen molar-refractivity contribution in [1.82, 2.24) is 0 Å². The number of hydrogen-bond acceptors (Lipinski definition) is 4. The molecule has 2 aromatic carbocycles. The molecule has 0 aromatic heterocycles. The maximum Gasteiger partial charge on any atom is 0.276 e. The zero-order valence-corrected chi connectivity index (χ0v) is 10.9. The van der Waals surface area contributed by atoms with Crippen LogP contribution < -0.4 is 4.74 Å². The summed E-state index contributed by atoms with van der Waals surface area (Å²) in [6.07, 6.45) is 0. The van der Waals surface area contributed by atoms with Gasteiger partial charge in [0.25, 0.3) is 5.69 Å². The van der Waals surface area contributed by atoms with Crippen molar-refractivity contribution in [1.29, 1.82) is 5.26 Å². The van der Waals surface area contributed by atoms with Gasteiger partial charge in [0.15, 0.2) is 0 Å². The van der Waals surface area contributed by atoms with E-state index in [1.54, 1.807) is 36.4 Å². The summed E-state index contributed by atoms with van der Waals surface area (Å²) in [5, 5.41) is 19.8. The largest absolute Gasteiger partial charge is 0.488 e. The van der Waals surface area contributed by atoms with Crippen LogP contribution >= 0.6 is 0 Å². The summed E-state index contributed by atoms with van der Waals surface area (Å²) in [7, 11) is 0. The summed E-state index contributed by atoms with van der Waals surface area (Å²) < 4.78 is 5.60. The lowest BCUT2D eigenvalue weighted by molar-refractivity contribution is -0.385. The van der Waals surface area contributed by atoms with E-state index in [0.29, 0.717) is 16.9 Å². The van der Waals surface area contributed by atoms with Crippen molar-refractivity contribution in [3.05, 3.63) is 69.3 Å². The molecule has 0 N–H and O–H groups in total. The molecule has 20 heavy (non-hydrogen) atoms. The van der Waals surface area contributed by atoms with E-state index in [4.69, 9.17) is 10.00 Å². The molecule has 0 amide bonds. The highest BCUT2D eigenvalue weighted by Crippen LogP contribution is 2.23.